The fraction of sp³-hybridized carbons (Fsp3) is 0.667. The minimum Gasteiger partial charge on any atom is -0.383 e. The molecule has 1 atom stereocenters. The van der Waals surface area contributed by atoms with E-state index in [1.54, 1.807) is 7.11 Å². The highest BCUT2D eigenvalue weighted by atomic mass is 16.5. The fourth-order valence-electron chi connectivity index (χ4n) is 2.32. The molecular weight excluding hydrogens is 254 g/mol. The average molecular weight is 281 g/mol. The Balaban J connectivity index is 2.48. The van der Waals surface area contributed by atoms with Crippen molar-refractivity contribution in [3.8, 4) is 0 Å². The summed E-state index contributed by atoms with van der Waals surface area (Å²) in [5.74, 6) is 0.00588. The first kappa shape index (κ1) is 16.7. The minimum absolute atomic E-state index is 0.00588. The van der Waals surface area contributed by atoms with Crippen molar-refractivity contribution >= 4 is 5.91 Å². The maximum atomic E-state index is 11.8. The predicted molar refractivity (Wildman–Crippen MR) is 80.8 cm³/mol. The molecule has 0 saturated heterocycles. The quantitative estimate of drug-likeness (QED) is 0.708. The first-order valence-corrected chi connectivity index (χ1v) is 7.16. The van der Waals surface area contributed by atoms with Crippen LogP contribution in [0.15, 0.2) is 6.07 Å². The van der Waals surface area contributed by atoms with Crippen molar-refractivity contribution < 1.29 is 9.53 Å². The number of ether oxygens (including phenoxy) is 1. The van der Waals surface area contributed by atoms with Crippen LogP contribution in [0.1, 0.15) is 30.8 Å². The fourth-order valence-corrected chi connectivity index (χ4v) is 2.32. The standard InChI is InChI=1S/C15H27N3O2/c1-6-18-11(2)9-14(13(18)4)10-17-12(3)15(19)16-7-8-20-5/h9,12,17H,6-8,10H2,1-5H3,(H,16,19). The first-order chi connectivity index (χ1) is 9.51. The Morgan fingerprint density at radius 2 is 2.15 bits per heavy atom. The third-order valence-electron chi connectivity index (χ3n) is 3.59. The van der Waals surface area contributed by atoms with Crippen molar-refractivity contribution in [1.29, 1.82) is 0 Å². The molecule has 2 N–H and O–H groups in total. The van der Waals surface area contributed by atoms with Crippen molar-refractivity contribution in [3.05, 3.63) is 23.0 Å². The third-order valence-corrected chi connectivity index (χ3v) is 3.59. The number of carbonyl (C=O) groups is 1. The lowest BCUT2D eigenvalue weighted by molar-refractivity contribution is -0.122. The lowest BCUT2D eigenvalue weighted by Crippen LogP contribution is -2.42. The molecule has 1 aromatic rings. The van der Waals surface area contributed by atoms with Gasteiger partial charge in [0.2, 0.25) is 5.91 Å². The monoisotopic (exact) mass is 281 g/mol. The van der Waals surface area contributed by atoms with Gasteiger partial charge in [-0.25, -0.2) is 0 Å². The van der Waals surface area contributed by atoms with Crippen LogP contribution in [0, 0.1) is 13.8 Å². The van der Waals surface area contributed by atoms with E-state index < -0.39 is 0 Å². The molecule has 0 aliphatic heterocycles. The molecule has 0 aliphatic carbocycles. The van der Waals surface area contributed by atoms with Gasteiger partial charge in [-0.1, -0.05) is 0 Å². The zero-order valence-electron chi connectivity index (χ0n) is 13.2. The molecule has 1 unspecified atom stereocenters. The Labute approximate surface area is 121 Å². The highest BCUT2D eigenvalue weighted by molar-refractivity contribution is 5.81. The molecule has 1 heterocycles. The molecule has 0 fully saturated rings. The normalized spacial score (nSPS) is 12.4. The summed E-state index contributed by atoms with van der Waals surface area (Å²) in [7, 11) is 1.62. The summed E-state index contributed by atoms with van der Waals surface area (Å²) >= 11 is 0. The number of aryl methyl sites for hydroxylation is 1. The molecular formula is C15H27N3O2. The van der Waals surface area contributed by atoms with Gasteiger partial charge in [-0.05, 0) is 39.3 Å². The number of nitrogens with one attached hydrogen (secondary N) is 2. The van der Waals surface area contributed by atoms with Crippen LogP contribution in [0.3, 0.4) is 0 Å². The summed E-state index contributed by atoms with van der Waals surface area (Å²) < 4.78 is 7.19. The smallest absolute Gasteiger partial charge is 0.236 e. The molecule has 0 radical (unpaired) electrons. The minimum atomic E-state index is -0.212. The molecule has 0 aliphatic rings. The summed E-state index contributed by atoms with van der Waals surface area (Å²) in [4.78, 5) is 11.8. The van der Waals surface area contributed by atoms with Crippen LogP contribution >= 0.6 is 0 Å². The van der Waals surface area contributed by atoms with Gasteiger partial charge < -0.3 is 19.9 Å². The van der Waals surface area contributed by atoms with E-state index in [1.165, 1.54) is 17.0 Å². The van der Waals surface area contributed by atoms with Crippen LogP contribution in [0.2, 0.25) is 0 Å². The van der Waals surface area contributed by atoms with E-state index in [1.807, 2.05) is 6.92 Å². The van der Waals surface area contributed by atoms with Gasteiger partial charge in [-0.3, -0.25) is 4.79 Å². The Hall–Kier alpha value is -1.33. The Bertz CT molecular complexity index is 441. The second-order valence-corrected chi connectivity index (χ2v) is 5.03. The molecule has 5 heteroatoms. The molecule has 0 bridgehead atoms. The average Bonchev–Trinajstić information content (AvgIpc) is 2.70. The topological polar surface area (TPSA) is 55.3 Å². The molecule has 114 valence electrons. The van der Waals surface area contributed by atoms with E-state index in [9.17, 15) is 4.79 Å². The first-order valence-electron chi connectivity index (χ1n) is 7.16. The number of hydrogen-bond donors (Lipinski definition) is 2. The molecule has 0 spiro atoms. The Morgan fingerprint density at radius 1 is 1.45 bits per heavy atom. The predicted octanol–water partition coefficient (Wildman–Crippen LogP) is 1.37. The summed E-state index contributed by atoms with van der Waals surface area (Å²) in [6.07, 6.45) is 0. The number of methoxy groups -OCH3 is 1. The van der Waals surface area contributed by atoms with E-state index in [0.717, 1.165) is 6.54 Å². The second-order valence-electron chi connectivity index (χ2n) is 5.03. The molecule has 1 aromatic heterocycles. The van der Waals surface area contributed by atoms with Gasteiger partial charge >= 0.3 is 0 Å². The number of nitrogens with zero attached hydrogens (tertiary/aromatic N) is 1. The molecule has 5 nitrogen and oxygen atoms in total. The van der Waals surface area contributed by atoms with Crippen LogP contribution in [-0.4, -0.2) is 36.8 Å². The van der Waals surface area contributed by atoms with Crippen molar-refractivity contribution in [1.82, 2.24) is 15.2 Å². The lowest BCUT2D eigenvalue weighted by Gasteiger charge is -2.14. The van der Waals surface area contributed by atoms with Crippen LogP contribution < -0.4 is 10.6 Å². The van der Waals surface area contributed by atoms with E-state index >= 15 is 0 Å². The van der Waals surface area contributed by atoms with Crippen molar-refractivity contribution in [2.45, 2.75) is 46.8 Å². The van der Waals surface area contributed by atoms with Crippen molar-refractivity contribution in [3.63, 3.8) is 0 Å². The molecule has 0 saturated carbocycles. The van der Waals surface area contributed by atoms with Crippen LogP contribution in [-0.2, 0) is 22.6 Å². The van der Waals surface area contributed by atoms with Crippen LogP contribution in [0.25, 0.3) is 0 Å². The van der Waals surface area contributed by atoms with Gasteiger partial charge in [0.05, 0.1) is 12.6 Å². The number of rotatable bonds is 8. The van der Waals surface area contributed by atoms with Gasteiger partial charge in [0.25, 0.3) is 0 Å². The summed E-state index contributed by atoms with van der Waals surface area (Å²) in [6, 6.07) is 1.97. The van der Waals surface area contributed by atoms with Gasteiger partial charge in [0.15, 0.2) is 0 Å². The van der Waals surface area contributed by atoms with E-state index in [-0.39, 0.29) is 11.9 Å². The summed E-state index contributed by atoms with van der Waals surface area (Å²) in [5, 5.41) is 6.10. The molecule has 1 rings (SSSR count). The van der Waals surface area contributed by atoms with Crippen LogP contribution in [0.5, 0.6) is 0 Å². The highest BCUT2D eigenvalue weighted by Crippen LogP contribution is 2.14. The number of carbonyl (C=O) groups excluding carboxylic acids is 1. The lowest BCUT2D eigenvalue weighted by atomic mass is 10.2. The zero-order valence-corrected chi connectivity index (χ0v) is 13.2. The number of aromatic nitrogens is 1. The summed E-state index contributed by atoms with van der Waals surface area (Å²) in [5.41, 5.74) is 3.78. The van der Waals surface area contributed by atoms with Gasteiger partial charge in [-0.15, -0.1) is 0 Å². The highest BCUT2D eigenvalue weighted by Gasteiger charge is 2.13. The molecule has 1 amide bonds. The largest absolute Gasteiger partial charge is 0.383 e. The van der Waals surface area contributed by atoms with E-state index in [4.69, 9.17) is 4.74 Å². The molecule has 20 heavy (non-hydrogen) atoms. The summed E-state index contributed by atoms with van der Waals surface area (Å²) in [6.45, 7) is 11.0. The van der Waals surface area contributed by atoms with Crippen molar-refractivity contribution in [2.75, 3.05) is 20.3 Å². The Morgan fingerprint density at radius 3 is 2.70 bits per heavy atom. The number of amides is 1. The second kappa shape index (κ2) is 8.07. The van der Waals surface area contributed by atoms with E-state index in [2.05, 4.69) is 42.0 Å². The van der Waals surface area contributed by atoms with Gasteiger partial charge in [0.1, 0.15) is 0 Å². The SMILES string of the molecule is CCn1c(C)cc(CNC(C)C(=O)NCCOC)c1C. The van der Waals surface area contributed by atoms with E-state index in [0.29, 0.717) is 19.7 Å². The Kier molecular flexibility index (Phi) is 6.75. The van der Waals surface area contributed by atoms with Crippen molar-refractivity contribution in [2.24, 2.45) is 0 Å². The maximum absolute atomic E-state index is 11.8. The zero-order chi connectivity index (χ0) is 15.1. The molecule has 0 aromatic carbocycles. The number of hydrogen-bond acceptors (Lipinski definition) is 3. The van der Waals surface area contributed by atoms with Gasteiger partial charge in [0, 0.05) is 38.1 Å². The van der Waals surface area contributed by atoms with Crippen LogP contribution in [0.4, 0.5) is 0 Å². The third kappa shape index (κ3) is 4.35. The maximum Gasteiger partial charge on any atom is 0.236 e. The van der Waals surface area contributed by atoms with Gasteiger partial charge in [-0.2, -0.15) is 0 Å².